The first-order valence-corrected chi connectivity index (χ1v) is 5.78. The largest absolute Gasteiger partial charge is 0.463 e. The molecule has 0 aliphatic heterocycles. The van der Waals surface area contributed by atoms with Gasteiger partial charge in [-0.2, -0.15) is 0 Å². The van der Waals surface area contributed by atoms with Gasteiger partial charge in [0.2, 0.25) is 0 Å². The molecule has 0 bridgehead atoms. The van der Waals surface area contributed by atoms with Crippen LogP contribution in [0, 0.1) is 6.07 Å². The lowest BCUT2D eigenvalue weighted by Gasteiger charge is -2.01. The van der Waals surface area contributed by atoms with Gasteiger partial charge in [0.25, 0.3) is 0 Å². The van der Waals surface area contributed by atoms with Crippen LogP contribution in [-0.4, -0.2) is 0 Å². The maximum atomic E-state index is 5.45. The second-order valence-corrected chi connectivity index (χ2v) is 3.98. The van der Waals surface area contributed by atoms with E-state index in [1.54, 1.807) is 6.26 Å². The highest BCUT2D eigenvalue weighted by atomic mass is 16.3. The topological polar surface area (TPSA) is 13.1 Å². The minimum absolute atomic E-state index is 1.02. The maximum Gasteiger partial charge on any atom is 0.137 e. The summed E-state index contributed by atoms with van der Waals surface area (Å²) in [6.07, 6.45) is 7.98. The maximum absolute atomic E-state index is 5.45. The Morgan fingerprint density at radius 3 is 3.00 bits per heavy atom. The summed E-state index contributed by atoms with van der Waals surface area (Å²) in [7, 11) is 0. The summed E-state index contributed by atoms with van der Waals surface area (Å²) < 4.78 is 5.45. The SMILES string of the molecule is CCCCCCc1cccc2[c]coc12. The molecule has 1 nitrogen and oxygen atoms in total. The van der Waals surface area contributed by atoms with E-state index in [1.165, 1.54) is 31.2 Å². The molecule has 0 fully saturated rings. The highest BCUT2D eigenvalue weighted by Gasteiger charge is 2.03. The van der Waals surface area contributed by atoms with Crippen LogP contribution in [-0.2, 0) is 6.42 Å². The monoisotopic (exact) mass is 201 g/mol. The highest BCUT2D eigenvalue weighted by molar-refractivity contribution is 5.79. The molecule has 0 unspecified atom stereocenters. The van der Waals surface area contributed by atoms with Crippen molar-refractivity contribution in [1.29, 1.82) is 0 Å². The van der Waals surface area contributed by atoms with Gasteiger partial charge in [-0.15, -0.1) is 0 Å². The van der Waals surface area contributed by atoms with Gasteiger partial charge in [-0.25, -0.2) is 0 Å². The fourth-order valence-electron chi connectivity index (χ4n) is 1.93. The third-order valence-electron chi connectivity index (χ3n) is 2.79. The zero-order valence-electron chi connectivity index (χ0n) is 9.25. The van der Waals surface area contributed by atoms with Crippen LogP contribution in [0.15, 0.2) is 28.9 Å². The molecule has 0 spiro atoms. The van der Waals surface area contributed by atoms with E-state index < -0.39 is 0 Å². The molecular formula is C14H17O. The van der Waals surface area contributed by atoms with E-state index in [-0.39, 0.29) is 0 Å². The molecule has 0 aliphatic carbocycles. The molecule has 0 saturated heterocycles. The standard InChI is InChI=1S/C14H17O/c1-2-3-4-5-7-12-8-6-9-13-10-11-15-14(12)13/h6,8-9,11H,2-5,7H2,1H3. The van der Waals surface area contributed by atoms with E-state index in [1.807, 2.05) is 6.07 Å². The van der Waals surface area contributed by atoms with Crippen molar-refractivity contribution in [3.8, 4) is 0 Å². The first-order valence-electron chi connectivity index (χ1n) is 5.78. The Hall–Kier alpha value is -1.24. The van der Waals surface area contributed by atoms with Gasteiger partial charge >= 0.3 is 0 Å². The van der Waals surface area contributed by atoms with Gasteiger partial charge in [-0.3, -0.25) is 0 Å². The molecule has 1 aromatic carbocycles. The minimum Gasteiger partial charge on any atom is -0.463 e. The van der Waals surface area contributed by atoms with E-state index in [4.69, 9.17) is 4.42 Å². The molecule has 0 atom stereocenters. The third-order valence-corrected chi connectivity index (χ3v) is 2.79. The molecule has 79 valence electrons. The van der Waals surface area contributed by atoms with Crippen molar-refractivity contribution in [1.82, 2.24) is 0 Å². The lowest BCUT2D eigenvalue weighted by molar-refractivity contribution is 0.604. The van der Waals surface area contributed by atoms with Gasteiger partial charge in [0.15, 0.2) is 0 Å². The summed E-state index contributed by atoms with van der Waals surface area (Å²) >= 11 is 0. The average molecular weight is 201 g/mol. The first kappa shape index (κ1) is 10.3. The summed E-state index contributed by atoms with van der Waals surface area (Å²) in [5.41, 5.74) is 2.35. The van der Waals surface area contributed by atoms with Crippen molar-refractivity contribution < 1.29 is 4.42 Å². The second kappa shape index (κ2) is 5.01. The molecule has 1 heteroatoms. The smallest absolute Gasteiger partial charge is 0.137 e. The number of fused-ring (bicyclic) bond motifs is 1. The van der Waals surface area contributed by atoms with Crippen molar-refractivity contribution >= 4 is 11.0 Å². The Kier molecular flexibility index (Phi) is 3.44. The predicted molar refractivity (Wildman–Crippen MR) is 62.9 cm³/mol. The average Bonchev–Trinajstić information content (AvgIpc) is 2.73. The van der Waals surface area contributed by atoms with Gasteiger partial charge in [0, 0.05) is 11.5 Å². The number of hydrogen-bond donors (Lipinski definition) is 0. The van der Waals surface area contributed by atoms with E-state index in [0.29, 0.717) is 0 Å². The zero-order valence-corrected chi connectivity index (χ0v) is 9.25. The fraction of sp³-hybridized carbons (Fsp3) is 0.429. The van der Waals surface area contributed by atoms with Crippen molar-refractivity contribution in [2.24, 2.45) is 0 Å². The molecule has 2 rings (SSSR count). The molecule has 0 aliphatic rings. The molecule has 0 N–H and O–H groups in total. The first-order chi connectivity index (χ1) is 7.42. The van der Waals surface area contributed by atoms with Crippen molar-refractivity contribution in [3.63, 3.8) is 0 Å². The van der Waals surface area contributed by atoms with Crippen LogP contribution in [0.4, 0.5) is 0 Å². The Morgan fingerprint density at radius 1 is 1.20 bits per heavy atom. The number of aryl methyl sites for hydroxylation is 1. The summed E-state index contributed by atoms with van der Waals surface area (Å²) in [5.74, 6) is 0. The zero-order chi connectivity index (χ0) is 10.5. The Bertz CT molecular complexity index is 414. The van der Waals surface area contributed by atoms with E-state index >= 15 is 0 Å². The molecular weight excluding hydrogens is 184 g/mol. The summed E-state index contributed by atoms with van der Waals surface area (Å²) in [6.45, 7) is 2.24. The summed E-state index contributed by atoms with van der Waals surface area (Å²) in [4.78, 5) is 0. The molecule has 0 saturated carbocycles. The van der Waals surface area contributed by atoms with Crippen molar-refractivity contribution in [2.75, 3.05) is 0 Å². The van der Waals surface area contributed by atoms with Gasteiger partial charge < -0.3 is 4.42 Å². The Labute approximate surface area is 91.1 Å². The number of benzene rings is 1. The molecule has 1 heterocycles. The molecule has 1 radical (unpaired) electrons. The van der Waals surface area contributed by atoms with E-state index in [2.05, 4.69) is 25.1 Å². The van der Waals surface area contributed by atoms with Crippen LogP contribution in [0.1, 0.15) is 38.2 Å². The molecule has 2 aromatic rings. The second-order valence-electron chi connectivity index (χ2n) is 3.98. The Balaban J connectivity index is 2.04. The fourth-order valence-corrected chi connectivity index (χ4v) is 1.93. The lowest BCUT2D eigenvalue weighted by atomic mass is 10.0. The number of hydrogen-bond acceptors (Lipinski definition) is 1. The number of para-hydroxylation sites is 1. The van der Waals surface area contributed by atoms with Crippen LogP contribution >= 0.6 is 0 Å². The minimum atomic E-state index is 1.02. The van der Waals surface area contributed by atoms with Gasteiger partial charge in [-0.1, -0.05) is 44.4 Å². The van der Waals surface area contributed by atoms with Gasteiger partial charge in [0.05, 0.1) is 6.26 Å². The van der Waals surface area contributed by atoms with Crippen LogP contribution in [0.2, 0.25) is 0 Å². The number of furan rings is 1. The molecule has 0 amide bonds. The summed E-state index contributed by atoms with van der Waals surface area (Å²) in [6, 6.07) is 9.39. The van der Waals surface area contributed by atoms with E-state index in [0.717, 1.165) is 17.4 Å². The molecule has 15 heavy (non-hydrogen) atoms. The predicted octanol–water partition coefficient (Wildman–Crippen LogP) is 4.36. The normalized spacial score (nSPS) is 11.0. The number of rotatable bonds is 5. The van der Waals surface area contributed by atoms with Crippen LogP contribution in [0.3, 0.4) is 0 Å². The van der Waals surface area contributed by atoms with Gasteiger partial charge in [0.1, 0.15) is 5.58 Å². The van der Waals surface area contributed by atoms with Gasteiger partial charge in [-0.05, 0) is 18.4 Å². The lowest BCUT2D eigenvalue weighted by Crippen LogP contribution is -1.86. The summed E-state index contributed by atoms with van der Waals surface area (Å²) in [5, 5.41) is 1.10. The van der Waals surface area contributed by atoms with Crippen LogP contribution < -0.4 is 0 Å². The number of unbranched alkanes of at least 4 members (excludes halogenated alkanes) is 3. The van der Waals surface area contributed by atoms with E-state index in [9.17, 15) is 0 Å². The quantitative estimate of drug-likeness (QED) is 0.655. The third kappa shape index (κ3) is 2.41. The van der Waals surface area contributed by atoms with Crippen molar-refractivity contribution in [3.05, 3.63) is 36.1 Å². The highest BCUT2D eigenvalue weighted by Crippen LogP contribution is 2.21. The van der Waals surface area contributed by atoms with Crippen LogP contribution in [0.25, 0.3) is 11.0 Å². The van der Waals surface area contributed by atoms with Crippen molar-refractivity contribution in [2.45, 2.75) is 39.0 Å². The Morgan fingerprint density at radius 2 is 2.13 bits per heavy atom. The van der Waals surface area contributed by atoms with Crippen LogP contribution in [0.5, 0.6) is 0 Å². The molecule has 1 aromatic heterocycles.